The summed E-state index contributed by atoms with van der Waals surface area (Å²) < 4.78 is 139. The number of phenols is 2. The molecule has 0 spiro atoms. The maximum Gasteiger partial charge on any atom is 0.124 e. The third-order valence-electron chi connectivity index (χ3n) is 4.84. The molecule has 0 aliphatic heterocycles. The number of benzene rings is 2. The van der Waals surface area contributed by atoms with Gasteiger partial charge in [0.25, 0.3) is 0 Å². The molecule has 0 amide bonds. The third kappa shape index (κ3) is 8.28. The van der Waals surface area contributed by atoms with Crippen LogP contribution in [0.2, 0.25) is 0 Å². The van der Waals surface area contributed by atoms with Gasteiger partial charge in [0.1, 0.15) is 11.5 Å². The molecule has 7 nitrogen and oxygen atoms in total. The standard InChI is InChI=1S/C26H40N2O5/c1-25(2,3)27-13-22(31)16-7-8-21(30)17(9-16)10-19-11-18(12-20(15-29)24(19)33)23(32)14-28-26(4,5)6/h7-9,11-12,22-23,27-33H,10,13-15H2,1-6H3/i1D3,2D3,3D3,4D3,5D3,6D3. The summed E-state index contributed by atoms with van der Waals surface area (Å²) in [4.78, 5) is 0. The molecule has 0 bridgehead atoms. The largest absolute Gasteiger partial charge is 0.508 e. The zero-order chi connectivity index (χ0) is 40.0. The highest BCUT2D eigenvalue weighted by Crippen LogP contribution is 2.32. The summed E-state index contributed by atoms with van der Waals surface area (Å²) in [7, 11) is 0. The molecule has 0 saturated carbocycles. The monoisotopic (exact) mass is 478 g/mol. The van der Waals surface area contributed by atoms with E-state index in [4.69, 9.17) is 24.7 Å². The van der Waals surface area contributed by atoms with Gasteiger partial charge in [-0.1, -0.05) is 6.07 Å². The number of phenolic OH excluding ortho intramolecular Hbond substituents is 1. The van der Waals surface area contributed by atoms with E-state index in [0.717, 1.165) is 18.2 Å². The lowest BCUT2D eigenvalue weighted by Gasteiger charge is -2.24. The number of β-amino-alcohol motifs (C(OH)–C–C–N with tert-alkyl or cyclic N) is 2. The summed E-state index contributed by atoms with van der Waals surface area (Å²) in [5, 5.41) is 57.2. The maximum absolute atomic E-state index is 11.0. The number of hydrogen-bond acceptors (Lipinski definition) is 7. The quantitative estimate of drug-likeness (QED) is 0.295. The first-order valence-electron chi connectivity index (χ1n) is 18.8. The van der Waals surface area contributed by atoms with Gasteiger partial charge in [0, 0.05) is 60.8 Å². The Morgan fingerprint density at radius 3 is 1.85 bits per heavy atom. The van der Waals surface area contributed by atoms with Crippen LogP contribution in [-0.2, 0) is 13.0 Å². The molecule has 2 atom stereocenters. The van der Waals surface area contributed by atoms with Crippen LogP contribution in [0, 0.1) is 0 Å². The van der Waals surface area contributed by atoms with E-state index in [1.807, 2.05) is 10.6 Å². The van der Waals surface area contributed by atoms with Gasteiger partial charge < -0.3 is 36.2 Å². The normalized spacial score (nSPS) is 24.7. The lowest BCUT2D eigenvalue weighted by Crippen LogP contribution is -2.38. The Balaban J connectivity index is 2.51. The lowest BCUT2D eigenvalue weighted by molar-refractivity contribution is 0.163. The average Bonchev–Trinajstić information content (AvgIpc) is 2.90. The Hall–Kier alpha value is -2.16. The number of rotatable bonds is 9. The average molecular weight is 479 g/mol. The molecule has 7 N–H and O–H groups in total. The van der Waals surface area contributed by atoms with Crippen LogP contribution in [0.3, 0.4) is 0 Å². The van der Waals surface area contributed by atoms with Gasteiger partial charge in [-0.2, -0.15) is 0 Å². The van der Waals surface area contributed by atoms with Crippen molar-refractivity contribution in [1.82, 2.24) is 10.6 Å². The van der Waals surface area contributed by atoms with Crippen molar-refractivity contribution >= 4 is 0 Å². The molecule has 0 saturated heterocycles. The van der Waals surface area contributed by atoms with E-state index in [9.17, 15) is 25.5 Å². The predicted octanol–water partition coefficient (Wildman–Crippen LogP) is 3.02. The van der Waals surface area contributed by atoms with Gasteiger partial charge in [0.15, 0.2) is 0 Å². The Labute approximate surface area is 222 Å². The van der Waals surface area contributed by atoms with Crippen LogP contribution in [0.1, 0.15) is 106 Å². The van der Waals surface area contributed by atoms with Crippen LogP contribution in [-0.4, -0.2) is 49.7 Å². The molecule has 0 aliphatic rings. The number of aromatic hydroxyl groups is 2. The topological polar surface area (TPSA) is 125 Å². The molecule has 0 radical (unpaired) electrons. The SMILES string of the molecule is [2H]C([2H])([2H])C(NCC(O)c1ccc(O)c(Cc2cc(C(O)CNC(C([2H])([2H])[2H])(C([2H])([2H])[2H])C([2H])([2H])[2H])cc(CO)c2O)c1)(C([2H])([2H])[2H])C([2H])([2H])[2H]. The second-order valence-electron chi connectivity index (χ2n) is 7.70. The first-order valence-corrected chi connectivity index (χ1v) is 9.83. The molecule has 2 aromatic carbocycles. The Kier molecular flexibility index (Phi) is 3.63. The fraction of sp³-hybridized carbons (Fsp3) is 0.538. The summed E-state index contributed by atoms with van der Waals surface area (Å²) in [6, 6.07) is 5.66. The van der Waals surface area contributed by atoms with Crippen molar-refractivity contribution in [2.45, 2.75) is 77.4 Å². The molecular formula is C26H40N2O5. The van der Waals surface area contributed by atoms with Gasteiger partial charge in [-0.3, -0.25) is 0 Å². The summed E-state index contributed by atoms with van der Waals surface area (Å²) in [5.41, 5.74) is -7.43. The molecule has 2 unspecified atom stereocenters. The van der Waals surface area contributed by atoms with Gasteiger partial charge in [0.05, 0.1) is 18.8 Å². The smallest absolute Gasteiger partial charge is 0.124 e. The maximum atomic E-state index is 11.0. The zero-order valence-electron chi connectivity index (χ0n) is 35.6. The van der Waals surface area contributed by atoms with E-state index in [1.165, 1.54) is 12.1 Å². The summed E-state index contributed by atoms with van der Waals surface area (Å²) in [6.45, 7) is -24.3. The van der Waals surface area contributed by atoms with E-state index in [-0.39, 0.29) is 27.8 Å². The number of hydrogen-bond donors (Lipinski definition) is 7. The van der Waals surface area contributed by atoms with Crippen LogP contribution in [0.15, 0.2) is 30.3 Å². The van der Waals surface area contributed by atoms with Crippen LogP contribution in [0.5, 0.6) is 11.5 Å². The van der Waals surface area contributed by atoms with Gasteiger partial charge in [-0.25, -0.2) is 0 Å². The molecule has 2 rings (SSSR count). The van der Waals surface area contributed by atoms with Gasteiger partial charge >= 0.3 is 0 Å². The summed E-state index contributed by atoms with van der Waals surface area (Å²) in [6.07, 6.45) is -3.96. The molecule has 33 heavy (non-hydrogen) atoms. The van der Waals surface area contributed by atoms with Crippen molar-refractivity contribution in [3.63, 3.8) is 0 Å². The van der Waals surface area contributed by atoms with Crippen LogP contribution < -0.4 is 10.6 Å². The fourth-order valence-corrected chi connectivity index (χ4v) is 3.13. The highest BCUT2D eigenvalue weighted by atomic mass is 16.3. The van der Waals surface area contributed by atoms with Crippen molar-refractivity contribution in [1.29, 1.82) is 0 Å². The number of aliphatic hydroxyl groups excluding tert-OH is 3. The highest BCUT2D eigenvalue weighted by Gasteiger charge is 2.19. The molecule has 2 aromatic rings. The Bertz CT molecular complexity index is 1440. The zero-order valence-corrected chi connectivity index (χ0v) is 17.6. The Morgan fingerprint density at radius 2 is 1.30 bits per heavy atom. The first kappa shape index (κ1) is 11.1. The van der Waals surface area contributed by atoms with Crippen molar-refractivity contribution < 1.29 is 50.2 Å². The van der Waals surface area contributed by atoms with Crippen LogP contribution >= 0.6 is 0 Å². The first-order chi connectivity index (χ1) is 22.7. The minimum absolute atomic E-state index is 0.0320. The van der Waals surface area contributed by atoms with E-state index in [1.54, 1.807) is 0 Å². The minimum atomic E-state index is -3.62. The molecule has 0 fully saturated rings. The van der Waals surface area contributed by atoms with Gasteiger partial charge in [-0.15, -0.1) is 0 Å². The predicted molar refractivity (Wildman–Crippen MR) is 130 cm³/mol. The third-order valence-corrected chi connectivity index (χ3v) is 4.84. The van der Waals surface area contributed by atoms with E-state index in [2.05, 4.69) is 0 Å². The lowest BCUT2D eigenvalue weighted by atomic mass is 9.94. The second-order valence-corrected chi connectivity index (χ2v) is 7.70. The molecule has 0 aromatic heterocycles. The van der Waals surface area contributed by atoms with Gasteiger partial charge in [0.2, 0.25) is 0 Å². The van der Waals surface area contributed by atoms with E-state index >= 15 is 0 Å². The number of nitrogens with one attached hydrogen (secondary N) is 2. The molecule has 0 heterocycles. The van der Waals surface area contributed by atoms with Crippen molar-refractivity contribution in [3.05, 3.63) is 58.1 Å². The molecule has 0 aliphatic carbocycles. The highest BCUT2D eigenvalue weighted by molar-refractivity contribution is 5.49. The number of aliphatic hydroxyl groups is 3. The van der Waals surface area contributed by atoms with Crippen LogP contribution in [0.4, 0.5) is 0 Å². The van der Waals surface area contributed by atoms with Crippen molar-refractivity contribution in [3.8, 4) is 11.5 Å². The van der Waals surface area contributed by atoms with E-state index in [0.29, 0.717) is 0 Å². The summed E-state index contributed by atoms with van der Waals surface area (Å²) in [5.74, 6) is -0.954. The molecule has 7 heteroatoms. The van der Waals surface area contributed by atoms with E-state index < -0.39 is 102 Å². The van der Waals surface area contributed by atoms with Crippen molar-refractivity contribution in [2.24, 2.45) is 0 Å². The fourth-order valence-electron chi connectivity index (χ4n) is 3.13. The van der Waals surface area contributed by atoms with Crippen LogP contribution in [0.25, 0.3) is 0 Å². The van der Waals surface area contributed by atoms with Gasteiger partial charge in [-0.05, 0) is 87.6 Å². The Morgan fingerprint density at radius 1 is 0.788 bits per heavy atom. The second kappa shape index (κ2) is 10.8. The van der Waals surface area contributed by atoms with Crippen molar-refractivity contribution in [2.75, 3.05) is 13.1 Å². The minimum Gasteiger partial charge on any atom is -0.508 e. The molecular weight excluding hydrogens is 420 g/mol. The molecule has 184 valence electrons. The summed E-state index contributed by atoms with van der Waals surface area (Å²) >= 11 is 0.